The van der Waals surface area contributed by atoms with Crippen LogP contribution in [0.15, 0.2) is 35.5 Å². The highest BCUT2D eigenvalue weighted by atomic mass is 19.1. The molecule has 1 atom stereocenters. The summed E-state index contributed by atoms with van der Waals surface area (Å²) in [7, 11) is 0. The monoisotopic (exact) mass is 479 g/mol. The van der Waals surface area contributed by atoms with Crippen LogP contribution in [0, 0.1) is 11.6 Å². The zero-order chi connectivity index (χ0) is 25.3. The summed E-state index contributed by atoms with van der Waals surface area (Å²) in [5.74, 6) is -0.510. The van der Waals surface area contributed by atoms with Gasteiger partial charge < -0.3 is 15.5 Å². The maximum atomic E-state index is 15.1. The molecule has 0 saturated heterocycles. The molecule has 0 spiro atoms. The van der Waals surface area contributed by atoms with Crippen molar-refractivity contribution in [2.75, 3.05) is 16.8 Å². The van der Waals surface area contributed by atoms with Gasteiger partial charge in [-0.3, -0.25) is 4.99 Å². The normalized spacial score (nSPS) is 15.5. The number of aliphatic imine (C=N–C) groups is 1. The van der Waals surface area contributed by atoms with E-state index < -0.39 is 11.6 Å². The van der Waals surface area contributed by atoms with E-state index in [2.05, 4.69) is 44.2 Å². The van der Waals surface area contributed by atoms with Crippen molar-refractivity contribution in [3.05, 3.63) is 53.4 Å². The Balaban J connectivity index is 1.72. The zero-order valence-electron chi connectivity index (χ0n) is 20.8. The first-order chi connectivity index (χ1) is 16.6. The summed E-state index contributed by atoms with van der Waals surface area (Å²) < 4.78 is 30.0. The third kappa shape index (κ3) is 5.14. The third-order valence-corrected chi connectivity index (χ3v) is 6.08. The van der Waals surface area contributed by atoms with Gasteiger partial charge in [0.2, 0.25) is 5.95 Å². The van der Waals surface area contributed by atoms with E-state index in [1.807, 2.05) is 44.7 Å². The summed E-state index contributed by atoms with van der Waals surface area (Å²) in [4.78, 5) is 19.0. The highest BCUT2D eigenvalue weighted by Gasteiger charge is 2.26. The molecule has 35 heavy (non-hydrogen) atoms. The van der Waals surface area contributed by atoms with Gasteiger partial charge >= 0.3 is 0 Å². The number of rotatable bonds is 6. The summed E-state index contributed by atoms with van der Waals surface area (Å²) in [6, 6.07) is 7.11. The molecule has 1 aliphatic heterocycles. The topological polar surface area (TPSA) is 78.3 Å². The molecule has 0 saturated carbocycles. The van der Waals surface area contributed by atoms with Gasteiger partial charge in [0, 0.05) is 42.3 Å². The number of hydrogen-bond donors (Lipinski definition) is 2. The molecule has 184 valence electrons. The summed E-state index contributed by atoms with van der Waals surface area (Å²) >= 11 is 0. The van der Waals surface area contributed by atoms with E-state index in [-0.39, 0.29) is 28.4 Å². The van der Waals surface area contributed by atoms with Crippen LogP contribution in [0.2, 0.25) is 0 Å². The van der Waals surface area contributed by atoms with Gasteiger partial charge in [0.25, 0.3) is 0 Å². The van der Waals surface area contributed by atoms with Gasteiger partial charge in [0.05, 0.1) is 11.9 Å². The van der Waals surface area contributed by atoms with E-state index >= 15 is 4.39 Å². The number of hydrogen-bond acceptors (Lipinski definition) is 7. The van der Waals surface area contributed by atoms with E-state index in [1.165, 1.54) is 6.07 Å². The van der Waals surface area contributed by atoms with Gasteiger partial charge in [-0.2, -0.15) is 0 Å². The van der Waals surface area contributed by atoms with Gasteiger partial charge in [-0.1, -0.05) is 6.07 Å². The molecule has 2 aromatic heterocycles. The van der Waals surface area contributed by atoms with Crippen molar-refractivity contribution in [3.63, 3.8) is 0 Å². The first-order valence-electron chi connectivity index (χ1n) is 11.7. The second-order valence-corrected chi connectivity index (χ2v) is 9.70. The largest absolute Gasteiger partial charge is 0.365 e. The Morgan fingerprint density at radius 2 is 1.97 bits per heavy atom. The minimum absolute atomic E-state index is 0.0148. The molecule has 4 rings (SSSR count). The quantitative estimate of drug-likeness (QED) is 0.451. The molecule has 1 aromatic carbocycles. The SMILES string of the molecule is C=Nc1c(F)cc(-c2nc(Nc3ccc4c(n3)C[C@@H](C)NC4)ncc2F)cc1N(CC)C(C)(C)C. The average Bonchev–Trinajstić information content (AvgIpc) is 2.79. The standard InChI is InChI=1S/C26H31F2N7/c1-7-35(26(3,4)5)21-12-17(11-18(27)24(21)29-6)23-19(28)14-31-25(34-23)33-22-9-8-16-13-30-15(2)10-20(16)32-22/h8-9,11-12,14-15,30H,6-7,10,13H2,1-5H3,(H,31,32,33,34)/t15-/m1/s1. The first kappa shape index (κ1) is 24.7. The average molecular weight is 480 g/mol. The third-order valence-electron chi connectivity index (χ3n) is 6.08. The molecule has 0 fully saturated rings. The van der Waals surface area contributed by atoms with E-state index in [1.54, 1.807) is 6.07 Å². The number of fused-ring (bicyclic) bond motifs is 1. The fourth-order valence-corrected chi connectivity index (χ4v) is 4.42. The van der Waals surface area contributed by atoms with Crippen LogP contribution in [0.25, 0.3) is 11.3 Å². The minimum atomic E-state index is -0.655. The number of nitrogens with zero attached hydrogens (tertiary/aromatic N) is 5. The molecule has 3 heterocycles. The van der Waals surface area contributed by atoms with Crippen molar-refractivity contribution in [2.45, 2.75) is 59.2 Å². The predicted octanol–water partition coefficient (Wildman–Crippen LogP) is 5.55. The maximum absolute atomic E-state index is 15.1. The Morgan fingerprint density at radius 1 is 1.20 bits per heavy atom. The maximum Gasteiger partial charge on any atom is 0.229 e. The zero-order valence-corrected chi connectivity index (χ0v) is 20.8. The number of pyridine rings is 1. The summed E-state index contributed by atoms with van der Waals surface area (Å²) in [6.07, 6.45) is 1.89. The van der Waals surface area contributed by atoms with Crippen molar-refractivity contribution in [3.8, 4) is 11.3 Å². The van der Waals surface area contributed by atoms with Crippen molar-refractivity contribution < 1.29 is 8.78 Å². The molecule has 0 unspecified atom stereocenters. The Morgan fingerprint density at radius 3 is 2.66 bits per heavy atom. The number of aromatic nitrogens is 3. The number of halogens is 2. The Hall–Kier alpha value is -3.46. The van der Waals surface area contributed by atoms with Gasteiger partial charge in [-0.15, -0.1) is 0 Å². The van der Waals surface area contributed by atoms with Crippen LogP contribution < -0.4 is 15.5 Å². The van der Waals surface area contributed by atoms with Crippen molar-refractivity contribution in [1.82, 2.24) is 20.3 Å². The second-order valence-electron chi connectivity index (χ2n) is 9.70. The smallest absolute Gasteiger partial charge is 0.229 e. The minimum Gasteiger partial charge on any atom is -0.365 e. The van der Waals surface area contributed by atoms with E-state index in [9.17, 15) is 4.39 Å². The fraction of sp³-hybridized carbons (Fsp3) is 0.385. The molecule has 2 N–H and O–H groups in total. The first-order valence-corrected chi connectivity index (χ1v) is 11.7. The molecule has 1 aliphatic rings. The van der Waals surface area contributed by atoms with E-state index in [4.69, 9.17) is 0 Å². The summed E-state index contributed by atoms with van der Waals surface area (Å²) in [5, 5.41) is 6.47. The molecule has 3 aromatic rings. The molecule has 0 amide bonds. The lowest BCUT2D eigenvalue weighted by atomic mass is 10.0. The van der Waals surface area contributed by atoms with E-state index in [0.29, 0.717) is 24.1 Å². The fourth-order valence-electron chi connectivity index (χ4n) is 4.42. The molecule has 0 aliphatic carbocycles. The Kier molecular flexibility index (Phi) is 6.80. The van der Waals surface area contributed by atoms with Crippen LogP contribution in [0.1, 0.15) is 45.9 Å². The predicted molar refractivity (Wildman–Crippen MR) is 137 cm³/mol. The highest BCUT2D eigenvalue weighted by molar-refractivity contribution is 5.78. The molecule has 0 radical (unpaired) electrons. The van der Waals surface area contributed by atoms with Gasteiger partial charge in [-0.05, 0) is 65.1 Å². The number of nitrogens with one attached hydrogen (secondary N) is 2. The van der Waals surface area contributed by atoms with Gasteiger partial charge in [-0.25, -0.2) is 23.7 Å². The summed E-state index contributed by atoms with van der Waals surface area (Å²) in [6.45, 7) is 15.0. The van der Waals surface area contributed by atoms with Crippen LogP contribution in [0.4, 0.5) is 31.9 Å². The Labute approximate surface area is 204 Å². The lowest BCUT2D eigenvalue weighted by Gasteiger charge is -2.37. The van der Waals surface area contributed by atoms with Crippen molar-refractivity contribution in [2.24, 2.45) is 4.99 Å². The van der Waals surface area contributed by atoms with Crippen molar-refractivity contribution in [1.29, 1.82) is 0 Å². The molecule has 0 bridgehead atoms. The number of benzene rings is 1. The Bertz CT molecular complexity index is 1250. The van der Waals surface area contributed by atoms with E-state index in [0.717, 1.165) is 30.4 Å². The van der Waals surface area contributed by atoms with Crippen molar-refractivity contribution >= 4 is 29.9 Å². The molecular weight excluding hydrogens is 448 g/mol. The van der Waals surface area contributed by atoms with Crippen LogP contribution in [-0.4, -0.2) is 39.8 Å². The molecular formula is C26H31F2N7. The van der Waals surface area contributed by atoms with Gasteiger partial charge in [0.15, 0.2) is 11.6 Å². The molecule has 9 heteroatoms. The lowest BCUT2D eigenvalue weighted by molar-refractivity contribution is 0.505. The highest BCUT2D eigenvalue weighted by Crippen LogP contribution is 2.39. The molecule has 7 nitrogen and oxygen atoms in total. The van der Waals surface area contributed by atoms with Gasteiger partial charge in [0.1, 0.15) is 17.2 Å². The number of anilines is 3. The van der Waals surface area contributed by atoms with Crippen LogP contribution >= 0.6 is 0 Å². The summed E-state index contributed by atoms with van der Waals surface area (Å²) in [5.41, 5.74) is 2.75. The lowest BCUT2D eigenvalue weighted by Crippen LogP contribution is -2.41. The van der Waals surface area contributed by atoms with Crippen LogP contribution in [-0.2, 0) is 13.0 Å². The second kappa shape index (κ2) is 9.65. The van der Waals surface area contributed by atoms with Crippen LogP contribution in [0.5, 0.6) is 0 Å². The van der Waals surface area contributed by atoms with Crippen LogP contribution in [0.3, 0.4) is 0 Å².